The number of carbonyl (C=O) groups is 1. The maximum Gasteiger partial charge on any atom is 0.239 e. The van der Waals surface area contributed by atoms with Gasteiger partial charge in [0.1, 0.15) is 0 Å². The molecule has 1 amide bonds. The molecule has 4 rings (SSSR count). The van der Waals surface area contributed by atoms with Gasteiger partial charge in [-0.15, -0.1) is 11.3 Å². The summed E-state index contributed by atoms with van der Waals surface area (Å²) in [6.45, 7) is 3.05. The number of hydrogen-bond acceptors (Lipinski definition) is 5. The molecule has 2 aromatic carbocycles. The van der Waals surface area contributed by atoms with E-state index < -0.39 is 6.04 Å². The summed E-state index contributed by atoms with van der Waals surface area (Å²) in [6, 6.07) is 20.9. The molecule has 6 heteroatoms. The third kappa shape index (κ3) is 4.72. The molecule has 1 aliphatic rings. The molecule has 3 aromatic rings. The fourth-order valence-corrected chi connectivity index (χ4v) is 4.62. The highest BCUT2D eigenvalue weighted by Crippen LogP contribution is 2.29. The minimum absolute atomic E-state index is 0.0361. The van der Waals surface area contributed by atoms with Crippen LogP contribution >= 0.6 is 11.3 Å². The number of aromatic nitrogens is 1. The summed E-state index contributed by atoms with van der Waals surface area (Å²) in [7, 11) is 0. The summed E-state index contributed by atoms with van der Waals surface area (Å²) in [5, 5.41) is 0. The number of nitrogens with two attached hydrogens (primary N) is 1. The molecule has 2 heterocycles. The highest BCUT2D eigenvalue weighted by Gasteiger charge is 2.30. The number of carbonyl (C=O) groups excluding carboxylic acids is 1. The Morgan fingerprint density at radius 1 is 0.966 bits per heavy atom. The Bertz CT molecular complexity index is 854. The van der Waals surface area contributed by atoms with Crippen LogP contribution in [0, 0.1) is 0 Å². The lowest BCUT2D eigenvalue weighted by Gasteiger charge is -2.40. The molecule has 0 spiro atoms. The predicted molar refractivity (Wildman–Crippen MR) is 117 cm³/mol. The lowest BCUT2D eigenvalue weighted by atomic mass is 9.96. The molecule has 1 unspecified atom stereocenters. The van der Waals surface area contributed by atoms with Gasteiger partial charge in [0.15, 0.2) is 0 Å². The Morgan fingerprint density at radius 2 is 1.55 bits per heavy atom. The van der Waals surface area contributed by atoms with Gasteiger partial charge in [-0.2, -0.15) is 0 Å². The van der Waals surface area contributed by atoms with E-state index in [4.69, 9.17) is 5.73 Å². The number of thiazole rings is 1. The van der Waals surface area contributed by atoms with Crippen molar-refractivity contribution < 1.29 is 4.79 Å². The van der Waals surface area contributed by atoms with Crippen LogP contribution in [0.25, 0.3) is 0 Å². The van der Waals surface area contributed by atoms with E-state index in [1.54, 1.807) is 23.0 Å². The number of piperazine rings is 1. The number of amides is 1. The highest BCUT2D eigenvalue weighted by molar-refractivity contribution is 7.09. The summed E-state index contributed by atoms with van der Waals surface area (Å²) in [6.07, 6.45) is 2.35. The lowest BCUT2D eigenvalue weighted by Crippen LogP contribution is -2.54. The molecule has 1 aromatic heterocycles. The molecule has 29 heavy (non-hydrogen) atoms. The highest BCUT2D eigenvalue weighted by atomic mass is 32.1. The molecular formula is C23H26N4OS. The van der Waals surface area contributed by atoms with Crippen molar-refractivity contribution in [3.63, 3.8) is 0 Å². The number of hydrogen-bond donors (Lipinski definition) is 1. The summed E-state index contributed by atoms with van der Waals surface area (Å²) in [5.74, 6) is 0.0361. The van der Waals surface area contributed by atoms with Crippen LogP contribution in [0.4, 0.5) is 0 Å². The minimum atomic E-state index is -0.499. The van der Waals surface area contributed by atoms with E-state index in [-0.39, 0.29) is 11.9 Å². The van der Waals surface area contributed by atoms with Gasteiger partial charge < -0.3 is 10.6 Å². The lowest BCUT2D eigenvalue weighted by molar-refractivity contribution is -0.134. The first-order valence-corrected chi connectivity index (χ1v) is 10.9. The van der Waals surface area contributed by atoms with Crippen molar-refractivity contribution >= 4 is 17.2 Å². The van der Waals surface area contributed by atoms with Crippen molar-refractivity contribution in [2.45, 2.75) is 18.5 Å². The van der Waals surface area contributed by atoms with Crippen molar-refractivity contribution in [2.24, 2.45) is 5.73 Å². The van der Waals surface area contributed by atoms with Crippen LogP contribution in [-0.4, -0.2) is 52.9 Å². The van der Waals surface area contributed by atoms with Crippen molar-refractivity contribution in [2.75, 3.05) is 26.2 Å². The van der Waals surface area contributed by atoms with Crippen LogP contribution in [0.5, 0.6) is 0 Å². The Morgan fingerprint density at radius 3 is 2.07 bits per heavy atom. The number of nitrogens with zero attached hydrogens (tertiary/aromatic N) is 3. The van der Waals surface area contributed by atoms with Crippen molar-refractivity contribution in [1.29, 1.82) is 0 Å². The van der Waals surface area contributed by atoms with E-state index in [1.165, 1.54) is 11.1 Å². The molecule has 0 aliphatic carbocycles. The van der Waals surface area contributed by atoms with Crippen LogP contribution in [0.3, 0.4) is 0 Å². The molecule has 0 saturated carbocycles. The second-order valence-electron chi connectivity index (χ2n) is 7.36. The monoisotopic (exact) mass is 406 g/mol. The first kappa shape index (κ1) is 19.8. The molecule has 0 radical (unpaired) electrons. The number of benzene rings is 2. The van der Waals surface area contributed by atoms with Gasteiger partial charge in [-0.05, 0) is 11.1 Å². The van der Waals surface area contributed by atoms with E-state index in [9.17, 15) is 4.79 Å². The Hall–Kier alpha value is -2.54. The van der Waals surface area contributed by atoms with Crippen molar-refractivity contribution in [1.82, 2.24) is 14.8 Å². The van der Waals surface area contributed by atoms with Gasteiger partial charge in [0.25, 0.3) is 0 Å². The zero-order valence-electron chi connectivity index (χ0n) is 16.4. The van der Waals surface area contributed by atoms with E-state index in [0.29, 0.717) is 19.5 Å². The summed E-state index contributed by atoms with van der Waals surface area (Å²) < 4.78 is 0. The van der Waals surface area contributed by atoms with E-state index in [0.717, 1.165) is 18.0 Å². The van der Waals surface area contributed by atoms with Crippen LogP contribution in [0.1, 0.15) is 22.0 Å². The second-order valence-corrected chi connectivity index (χ2v) is 8.33. The topological polar surface area (TPSA) is 62.5 Å². The molecule has 2 N–H and O–H groups in total. The van der Waals surface area contributed by atoms with Gasteiger partial charge >= 0.3 is 0 Å². The van der Waals surface area contributed by atoms with Gasteiger partial charge in [-0.3, -0.25) is 14.7 Å². The van der Waals surface area contributed by atoms with Crippen LogP contribution in [0.15, 0.2) is 72.4 Å². The average Bonchev–Trinajstić information content (AvgIpc) is 3.28. The van der Waals surface area contributed by atoms with Gasteiger partial charge in [0.05, 0.1) is 17.6 Å². The Balaban J connectivity index is 1.43. The van der Waals surface area contributed by atoms with Gasteiger partial charge in [0.2, 0.25) is 5.91 Å². The van der Waals surface area contributed by atoms with Crippen LogP contribution in [-0.2, 0) is 11.2 Å². The molecule has 150 valence electrons. The smallest absolute Gasteiger partial charge is 0.239 e. The molecule has 1 atom stereocenters. The quantitative estimate of drug-likeness (QED) is 0.684. The van der Waals surface area contributed by atoms with Gasteiger partial charge in [-0.1, -0.05) is 60.7 Å². The maximum atomic E-state index is 12.8. The molecule has 1 aliphatic heterocycles. The van der Waals surface area contributed by atoms with E-state index >= 15 is 0 Å². The van der Waals surface area contributed by atoms with Crippen LogP contribution < -0.4 is 5.73 Å². The number of rotatable bonds is 6. The first-order chi connectivity index (χ1) is 14.2. The Kier molecular flexibility index (Phi) is 6.34. The van der Waals surface area contributed by atoms with Crippen LogP contribution in [0.2, 0.25) is 0 Å². The van der Waals surface area contributed by atoms with Crippen molar-refractivity contribution in [3.8, 4) is 0 Å². The predicted octanol–water partition coefficient (Wildman–Crippen LogP) is 2.95. The summed E-state index contributed by atoms with van der Waals surface area (Å²) in [4.78, 5) is 22.3. The Labute approximate surface area is 175 Å². The third-order valence-electron chi connectivity index (χ3n) is 5.44. The molecular weight excluding hydrogens is 380 g/mol. The van der Waals surface area contributed by atoms with E-state index in [2.05, 4.69) is 58.4 Å². The van der Waals surface area contributed by atoms with Crippen molar-refractivity contribution in [3.05, 3.63) is 88.4 Å². The third-order valence-corrected chi connectivity index (χ3v) is 6.25. The average molecular weight is 407 g/mol. The van der Waals surface area contributed by atoms with Gasteiger partial charge in [-0.25, -0.2) is 0 Å². The summed E-state index contributed by atoms with van der Waals surface area (Å²) in [5.41, 5.74) is 10.5. The normalized spacial score (nSPS) is 16.1. The summed E-state index contributed by atoms with van der Waals surface area (Å²) >= 11 is 1.54. The first-order valence-electron chi connectivity index (χ1n) is 9.98. The fourth-order valence-electron chi connectivity index (χ4n) is 3.97. The molecule has 1 fully saturated rings. The maximum absolute atomic E-state index is 12.8. The minimum Gasteiger partial charge on any atom is -0.339 e. The molecule has 1 saturated heterocycles. The SMILES string of the molecule is NC(Cc1cncs1)C(=O)N1CCN(C(c2ccccc2)c2ccccc2)CC1. The second kappa shape index (κ2) is 9.31. The molecule has 0 bridgehead atoms. The fraction of sp³-hybridized carbons (Fsp3) is 0.304. The van der Waals surface area contributed by atoms with E-state index in [1.807, 2.05) is 17.0 Å². The zero-order valence-corrected chi connectivity index (χ0v) is 17.2. The standard InChI is InChI=1S/C23H26N4OS/c24-21(15-20-16-25-17-29-20)23(28)27-13-11-26(12-14-27)22(18-7-3-1-4-8-18)19-9-5-2-6-10-19/h1-10,16-17,21-22H,11-15,24H2. The largest absolute Gasteiger partial charge is 0.339 e. The zero-order chi connectivity index (χ0) is 20.1. The van der Waals surface area contributed by atoms with Gasteiger partial charge in [0, 0.05) is 43.7 Å². The molecule has 5 nitrogen and oxygen atoms in total.